The van der Waals surface area contributed by atoms with Gasteiger partial charge in [-0.25, -0.2) is 0 Å². The number of carbonyl (C=O) groups is 2. The Labute approximate surface area is 182 Å². The summed E-state index contributed by atoms with van der Waals surface area (Å²) in [6.07, 6.45) is 1.75. The van der Waals surface area contributed by atoms with Crippen LogP contribution >= 0.6 is 0 Å². The van der Waals surface area contributed by atoms with E-state index in [1.165, 1.54) is 0 Å². The molecule has 0 radical (unpaired) electrons. The first-order chi connectivity index (χ1) is 15.0. The third-order valence-corrected chi connectivity index (χ3v) is 6.09. The van der Waals surface area contributed by atoms with Crippen LogP contribution in [0.3, 0.4) is 0 Å². The number of nitrogens with zero attached hydrogens (tertiary/aromatic N) is 1. The normalized spacial score (nSPS) is 23.2. The average Bonchev–Trinajstić information content (AvgIpc) is 2.77. The summed E-state index contributed by atoms with van der Waals surface area (Å²) in [6, 6.07) is 16.8. The molecule has 0 saturated heterocycles. The van der Waals surface area contributed by atoms with Gasteiger partial charge in [0.2, 0.25) is 0 Å². The zero-order valence-electron chi connectivity index (χ0n) is 17.9. The number of hydrogen-bond acceptors (Lipinski definition) is 5. The summed E-state index contributed by atoms with van der Waals surface area (Å²) in [4.78, 5) is 31.2. The highest BCUT2D eigenvalue weighted by molar-refractivity contribution is 6.09. The van der Waals surface area contributed by atoms with Crippen LogP contribution in [0.2, 0.25) is 0 Å². The molecule has 0 fully saturated rings. The van der Waals surface area contributed by atoms with Gasteiger partial charge in [0.05, 0.1) is 6.61 Å². The molecule has 2 aromatic carbocycles. The molecule has 2 aliphatic rings. The molecule has 1 aliphatic heterocycles. The van der Waals surface area contributed by atoms with E-state index < -0.39 is 11.8 Å². The van der Waals surface area contributed by atoms with Gasteiger partial charge in [-0.05, 0) is 48.9 Å². The van der Waals surface area contributed by atoms with Crippen LogP contribution in [0.1, 0.15) is 56.1 Å². The van der Waals surface area contributed by atoms with E-state index in [0.29, 0.717) is 30.7 Å². The predicted molar refractivity (Wildman–Crippen MR) is 119 cm³/mol. The molecule has 0 amide bonds. The number of aliphatic imine (C=N–C) groups is 1. The first kappa shape index (κ1) is 21.0. The van der Waals surface area contributed by atoms with E-state index in [2.05, 4.69) is 0 Å². The van der Waals surface area contributed by atoms with Gasteiger partial charge < -0.3 is 9.84 Å². The lowest BCUT2D eigenvalue weighted by Gasteiger charge is -2.36. The minimum absolute atomic E-state index is 0.00740. The van der Waals surface area contributed by atoms with Gasteiger partial charge >= 0.3 is 5.97 Å². The standard InChI is InChI=1S/C26H27NO4/c1-3-12-31-26(30)23-16(2)27-21-14-19(17-8-5-4-6-9-17)15-22(29)25(21)24(23)18-10-7-11-20(28)13-18/h4-11,13,19,23-24,28H,3,12,14-15H2,1-2H3/t19-,23?,24-/m1/s1. The van der Waals surface area contributed by atoms with Crippen LogP contribution in [0, 0.1) is 5.92 Å². The molecule has 3 atom stereocenters. The highest BCUT2D eigenvalue weighted by Crippen LogP contribution is 2.47. The molecule has 1 heterocycles. The lowest BCUT2D eigenvalue weighted by atomic mass is 9.69. The third kappa shape index (κ3) is 4.18. The van der Waals surface area contributed by atoms with E-state index >= 15 is 0 Å². The highest BCUT2D eigenvalue weighted by atomic mass is 16.5. The Balaban J connectivity index is 1.79. The van der Waals surface area contributed by atoms with E-state index in [1.807, 2.05) is 50.2 Å². The van der Waals surface area contributed by atoms with Crippen molar-refractivity contribution in [2.24, 2.45) is 10.9 Å². The molecule has 4 rings (SSSR count). The van der Waals surface area contributed by atoms with Crippen LogP contribution in [0.25, 0.3) is 0 Å². The zero-order chi connectivity index (χ0) is 22.0. The maximum absolute atomic E-state index is 13.4. The Kier molecular flexibility index (Phi) is 6.03. The molecule has 1 aliphatic carbocycles. The number of rotatable bonds is 5. The fraction of sp³-hybridized carbons (Fsp3) is 0.346. The number of carbonyl (C=O) groups excluding carboxylic acids is 2. The van der Waals surface area contributed by atoms with E-state index in [9.17, 15) is 14.7 Å². The van der Waals surface area contributed by atoms with Crippen LogP contribution in [0.5, 0.6) is 5.75 Å². The van der Waals surface area contributed by atoms with E-state index in [4.69, 9.17) is 9.73 Å². The van der Waals surface area contributed by atoms with Crippen molar-refractivity contribution in [2.75, 3.05) is 6.61 Å². The summed E-state index contributed by atoms with van der Waals surface area (Å²) in [5, 5.41) is 10.1. The minimum atomic E-state index is -0.677. The van der Waals surface area contributed by atoms with Gasteiger partial charge in [-0.2, -0.15) is 0 Å². The Morgan fingerprint density at radius 2 is 1.84 bits per heavy atom. The Morgan fingerprint density at radius 3 is 2.55 bits per heavy atom. The number of esters is 1. The molecule has 0 aromatic heterocycles. The molecule has 1 N–H and O–H groups in total. The van der Waals surface area contributed by atoms with Crippen LogP contribution in [0.15, 0.2) is 70.9 Å². The van der Waals surface area contributed by atoms with Gasteiger partial charge in [0, 0.05) is 29.3 Å². The number of allylic oxidation sites excluding steroid dienone is 2. The SMILES string of the molecule is CCCOC(=O)C1C(C)=NC2=C(C(=O)C[C@H](c3ccccc3)C2)[C@@H]1c1cccc(O)c1. The number of hydrogen-bond donors (Lipinski definition) is 1. The Hall–Kier alpha value is -3.21. The molecule has 1 unspecified atom stereocenters. The summed E-state index contributed by atoms with van der Waals surface area (Å²) in [7, 11) is 0. The maximum atomic E-state index is 13.4. The van der Waals surface area contributed by atoms with Crippen molar-refractivity contribution < 1.29 is 19.4 Å². The van der Waals surface area contributed by atoms with E-state index in [1.54, 1.807) is 18.2 Å². The van der Waals surface area contributed by atoms with Gasteiger partial charge in [-0.15, -0.1) is 0 Å². The highest BCUT2D eigenvalue weighted by Gasteiger charge is 2.44. The van der Waals surface area contributed by atoms with Gasteiger partial charge in [0.25, 0.3) is 0 Å². The van der Waals surface area contributed by atoms with Crippen LogP contribution in [-0.2, 0) is 14.3 Å². The molecule has 31 heavy (non-hydrogen) atoms. The molecule has 5 heteroatoms. The smallest absolute Gasteiger partial charge is 0.315 e. The number of Topliss-reactive ketones (excluding diaryl/α,β-unsaturated/α-hetero) is 1. The van der Waals surface area contributed by atoms with Crippen LogP contribution in [0.4, 0.5) is 0 Å². The summed E-state index contributed by atoms with van der Waals surface area (Å²) in [5.74, 6) is -1.38. The molecule has 2 aromatic rings. The van der Waals surface area contributed by atoms with Crippen molar-refractivity contribution in [3.8, 4) is 5.75 Å². The predicted octanol–water partition coefficient (Wildman–Crippen LogP) is 4.92. The molecule has 0 spiro atoms. The van der Waals surface area contributed by atoms with Crippen molar-refractivity contribution in [3.63, 3.8) is 0 Å². The summed E-state index contributed by atoms with van der Waals surface area (Å²) < 4.78 is 5.47. The van der Waals surface area contributed by atoms with Gasteiger partial charge in [-0.1, -0.05) is 49.4 Å². The number of benzene rings is 2. The van der Waals surface area contributed by atoms with Crippen molar-refractivity contribution in [1.82, 2.24) is 0 Å². The first-order valence-corrected chi connectivity index (χ1v) is 10.8. The molecular weight excluding hydrogens is 390 g/mol. The Morgan fingerprint density at radius 1 is 1.10 bits per heavy atom. The maximum Gasteiger partial charge on any atom is 0.315 e. The first-order valence-electron chi connectivity index (χ1n) is 10.8. The quantitative estimate of drug-likeness (QED) is 0.701. The zero-order valence-corrected chi connectivity index (χ0v) is 17.9. The lowest BCUT2D eigenvalue weighted by molar-refractivity contribution is -0.146. The largest absolute Gasteiger partial charge is 0.508 e. The topological polar surface area (TPSA) is 76.0 Å². The average molecular weight is 418 g/mol. The fourth-order valence-corrected chi connectivity index (χ4v) is 4.70. The molecule has 160 valence electrons. The van der Waals surface area contributed by atoms with E-state index in [-0.39, 0.29) is 23.4 Å². The van der Waals surface area contributed by atoms with Crippen molar-refractivity contribution >= 4 is 17.5 Å². The van der Waals surface area contributed by atoms with Gasteiger partial charge in [0.1, 0.15) is 11.7 Å². The van der Waals surface area contributed by atoms with Crippen molar-refractivity contribution in [2.45, 2.75) is 44.9 Å². The minimum Gasteiger partial charge on any atom is -0.508 e. The fourth-order valence-electron chi connectivity index (χ4n) is 4.70. The molecule has 0 bridgehead atoms. The second-order valence-corrected chi connectivity index (χ2v) is 8.27. The number of aromatic hydroxyl groups is 1. The lowest BCUT2D eigenvalue weighted by Crippen LogP contribution is -2.38. The van der Waals surface area contributed by atoms with Gasteiger partial charge in [0.15, 0.2) is 5.78 Å². The van der Waals surface area contributed by atoms with Crippen molar-refractivity contribution in [1.29, 1.82) is 0 Å². The second-order valence-electron chi connectivity index (χ2n) is 8.27. The molecule has 5 nitrogen and oxygen atoms in total. The number of phenols is 1. The monoisotopic (exact) mass is 417 g/mol. The number of ketones is 1. The van der Waals surface area contributed by atoms with Gasteiger partial charge in [-0.3, -0.25) is 14.6 Å². The molecular formula is C26H27NO4. The summed E-state index contributed by atoms with van der Waals surface area (Å²) >= 11 is 0. The van der Waals surface area contributed by atoms with Crippen LogP contribution < -0.4 is 0 Å². The summed E-state index contributed by atoms with van der Waals surface area (Å²) in [6.45, 7) is 4.09. The Bertz CT molecular complexity index is 1050. The van der Waals surface area contributed by atoms with E-state index in [0.717, 1.165) is 23.2 Å². The van der Waals surface area contributed by atoms with Crippen LogP contribution in [-0.4, -0.2) is 29.2 Å². The van der Waals surface area contributed by atoms with Crippen molar-refractivity contribution in [3.05, 3.63) is 77.0 Å². The number of phenolic OH excluding ortho intramolecular Hbond substituents is 1. The number of ether oxygens (including phenoxy) is 1. The second kappa shape index (κ2) is 8.88. The third-order valence-electron chi connectivity index (χ3n) is 6.09. The summed E-state index contributed by atoms with van der Waals surface area (Å²) in [5.41, 5.74) is 3.83. The molecule has 0 saturated carbocycles.